The minimum absolute atomic E-state index is 0.0955. The first-order valence-corrected chi connectivity index (χ1v) is 6.15. The first kappa shape index (κ1) is 11.4. The molecular weight excluding hydrogens is 196 g/mol. The van der Waals surface area contributed by atoms with E-state index in [1.807, 2.05) is 12.1 Å². The van der Waals surface area contributed by atoms with Gasteiger partial charge in [-0.2, -0.15) is 0 Å². The average Bonchev–Trinajstić information content (AvgIpc) is 2.70. The number of benzene rings is 1. The summed E-state index contributed by atoms with van der Waals surface area (Å²) in [6, 6.07) is 6.08. The third-order valence-corrected chi connectivity index (χ3v) is 4.02. The summed E-state index contributed by atoms with van der Waals surface area (Å²) in [5.41, 5.74) is 3.27. The molecule has 16 heavy (non-hydrogen) atoms. The fraction of sp³-hybridized carbons (Fsp3) is 0.533. The first-order chi connectivity index (χ1) is 7.53. The summed E-state index contributed by atoms with van der Waals surface area (Å²) in [5.74, 6) is 0.341. The smallest absolute Gasteiger partial charge is 0.168 e. The Morgan fingerprint density at radius 2 is 1.75 bits per heavy atom. The summed E-state index contributed by atoms with van der Waals surface area (Å²) < 4.78 is 0. The zero-order chi connectivity index (χ0) is 11.8. The molecule has 1 fully saturated rings. The van der Waals surface area contributed by atoms with Crippen LogP contribution >= 0.6 is 0 Å². The molecule has 1 aliphatic carbocycles. The van der Waals surface area contributed by atoms with Crippen molar-refractivity contribution < 1.29 is 4.79 Å². The maximum absolute atomic E-state index is 12.4. The zero-order valence-electron chi connectivity index (χ0n) is 10.5. The maximum Gasteiger partial charge on any atom is 0.168 e. The fourth-order valence-corrected chi connectivity index (χ4v) is 2.61. The number of carbonyl (C=O) groups is 1. The summed E-state index contributed by atoms with van der Waals surface area (Å²) >= 11 is 0. The molecule has 0 spiro atoms. The van der Waals surface area contributed by atoms with Crippen LogP contribution in [0.1, 0.15) is 54.1 Å². The molecule has 1 aliphatic rings. The van der Waals surface area contributed by atoms with Crippen LogP contribution in [0.3, 0.4) is 0 Å². The molecule has 0 aliphatic heterocycles. The second kappa shape index (κ2) is 4.04. The van der Waals surface area contributed by atoms with Gasteiger partial charge in [0.2, 0.25) is 0 Å². The Morgan fingerprint density at radius 3 is 2.31 bits per heavy atom. The number of hydrogen-bond donors (Lipinski definition) is 0. The van der Waals surface area contributed by atoms with Crippen LogP contribution in [0.25, 0.3) is 0 Å². The van der Waals surface area contributed by atoms with Crippen LogP contribution in [-0.4, -0.2) is 5.78 Å². The van der Waals surface area contributed by atoms with Crippen molar-refractivity contribution in [3.63, 3.8) is 0 Å². The second-order valence-corrected chi connectivity index (χ2v) is 5.40. The molecule has 1 heteroatoms. The zero-order valence-corrected chi connectivity index (χ0v) is 10.5. The highest BCUT2D eigenvalue weighted by atomic mass is 16.1. The van der Waals surface area contributed by atoms with Gasteiger partial charge in [0.05, 0.1) is 0 Å². The van der Waals surface area contributed by atoms with E-state index < -0.39 is 0 Å². The van der Waals surface area contributed by atoms with Crippen molar-refractivity contribution >= 4 is 5.78 Å². The van der Waals surface area contributed by atoms with E-state index in [0.29, 0.717) is 5.78 Å². The van der Waals surface area contributed by atoms with Crippen molar-refractivity contribution in [2.45, 2.75) is 46.5 Å². The lowest BCUT2D eigenvalue weighted by molar-refractivity contribution is 0.0823. The lowest BCUT2D eigenvalue weighted by atomic mass is 9.80. The Bertz CT molecular complexity index is 411. The average molecular weight is 216 g/mol. The number of aryl methyl sites for hydroxylation is 2. The van der Waals surface area contributed by atoms with Gasteiger partial charge in [0.1, 0.15) is 0 Å². The number of Topliss-reactive ketones (excluding diaryl/α,β-unsaturated/α-hetero) is 1. The number of ketones is 1. The first-order valence-electron chi connectivity index (χ1n) is 6.15. The highest BCUT2D eigenvalue weighted by Gasteiger charge is 2.36. The van der Waals surface area contributed by atoms with Crippen LogP contribution < -0.4 is 0 Å². The summed E-state index contributed by atoms with van der Waals surface area (Å²) in [4.78, 5) is 12.4. The summed E-state index contributed by atoms with van der Waals surface area (Å²) in [7, 11) is 0. The van der Waals surface area contributed by atoms with Crippen LogP contribution in [-0.2, 0) is 0 Å². The molecule has 0 atom stereocenters. The monoisotopic (exact) mass is 216 g/mol. The van der Waals surface area contributed by atoms with Crippen molar-refractivity contribution in [3.05, 3.63) is 34.9 Å². The van der Waals surface area contributed by atoms with Gasteiger partial charge < -0.3 is 0 Å². The molecule has 0 amide bonds. The lowest BCUT2D eigenvalue weighted by Gasteiger charge is -2.22. The van der Waals surface area contributed by atoms with Crippen molar-refractivity contribution in [3.8, 4) is 0 Å². The van der Waals surface area contributed by atoms with Gasteiger partial charge in [-0.05, 0) is 43.9 Å². The van der Waals surface area contributed by atoms with Crippen molar-refractivity contribution in [2.24, 2.45) is 5.41 Å². The van der Waals surface area contributed by atoms with Gasteiger partial charge in [0.15, 0.2) is 5.78 Å². The molecule has 2 rings (SSSR count). The molecule has 1 aromatic rings. The minimum Gasteiger partial charge on any atom is -0.294 e. The molecule has 0 saturated heterocycles. The molecule has 86 valence electrons. The maximum atomic E-state index is 12.4. The molecule has 1 saturated carbocycles. The van der Waals surface area contributed by atoms with Gasteiger partial charge in [-0.15, -0.1) is 0 Å². The van der Waals surface area contributed by atoms with Crippen molar-refractivity contribution in [1.29, 1.82) is 0 Å². The lowest BCUT2D eigenvalue weighted by Crippen LogP contribution is -2.24. The van der Waals surface area contributed by atoms with E-state index in [2.05, 4.69) is 26.8 Å². The Hall–Kier alpha value is -1.11. The molecule has 0 aromatic heterocycles. The molecule has 0 unspecified atom stereocenters. The Kier molecular flexibility index (Phi) is 2.88. The Balaban J connectivity index is 2.30. The quantitative estimate of drug-likeness (QED) is 0.681. The van der Waals surface area contributed by atoms with Crippen LogP contribution in [0.4, 0.5) is 0 Å². The Labute approximate surface area is 97.9 Å². The van der Waals surface area contributed by atoms with Gasteiger partial charge in [-0.1, -0.05) is 31.9 Å². The number of hydrogen-bond acceptors (Lipinski definition) is 1. The number of carbonyl (C=O) groups excluding carboxylic acids is 1. The normalized spacial score (nSPS) is 18.7. The highest BCUT2D eigenvalue weighted by Crippen LogP contribution is 2.40. The van der Waals surface area contributed by atoms with Gasteiger partial charge in [0, 0.05) is 11.0 Å². The van der Waals surface area contributed by atoms with Gasteiger partial charge >= 0.3 is 0 Å². The second-order valence-electron chi connectivity index (χ2n) is 5.40. The third-order valence-electron chi connectivity index (χ3n) is 4.02. The van der Waals surface area contributed by atoms with Crippen LogP contribution in [0.15, 0.2) is 18.2 Å². The van der Waals surface area contributed by atoms with Gasteiger partial charge in [-0.3, -0.25) is 4.79 Å². The molecule has 0 radical (unpaired) electrons. The minimum atomic E-state index is -0.0955. The summed E-state index contributed by atoms with van der Waals surface area (Å²) in [6.45, 7) is 6.28. The SMILES string of the molecule is Cc1ccc(C(=O)C2(C)CCCC2)cc1C. The predicted octanol–water partition coefficient (Wildman–Crippen LogP) is 4.07. The van der Waals surface area contributed by atoms with E-state index in [4.69, 9.17) is 0 Å². The largest absolute Gasteiger partial charge is 0.294 e. The van der Waals surface area contributed by atoms with E-state index in [9.17, 15) is 4.79 Å². The molecule has 1 aromatic carbocycles. The standard InChI is InChI=1S/C15H20O/c1-11-6-7-13(10-12(11)2)14(16)15(3)8-4-5-9-15/h6-7,10H,4-5,8-9H2,1-3H3. The number of rotatable bonds is 2. The third kappa shape index (κ3) is 1.91. The van der Waals surface area contributed by atoms with Crippen molar-refractivity contribution in [2.75, 3.05) is 0 Å². The van der Waals surface area contributed by atoms with Crippen LogP contribution in [0, 0.1) is 19.3 Å². The summed E-state index contributed by atoms with van der Waals surface area (Å²) in [5, 5.41) is 0. The summed E-state index contributed by atoms with van der Waals surface area (Å²) in [6.07, 6.45) is 4.51. The molecule has 1 nitrogen and oxygen atoms in total. The van der Waals surface area contributed by atoms with E-state index in [-0.39, 0.29) is 5.41 Å². The van der Waals surface area contributed by atoms with Gasteiger partial charge in [0.25, 0.3) is 0 Å². The van der Waals surface area contributed by atoms with Crippen molar-refractivity contribution in [1.82, 2.24) is 0 Å². The topological polar surface area (TPSA) is 17.1 Å². The van der Waals surface area contributed by atoms with E-state index in [1.165, 1.54) is 24.0 Å². The van der Waals surface area contributed by atoms with Crippen LogP contribution in [0.2, 0.25) is 0 Å². The molecule has 0 N–H and O–H groups in total. The molecule has 0 heterocycles. The van der Waals surface area contributed by atoms with Gasteiger partial charge in [-0.25, -0.2) is 0 Å². The molecule has 0 bridgehead atoms. The Morgan fingerprint density at radius 1 is 1.12 bits per heavy atom. The van der Waals surface area contributed by atoms with E-state index in [0.717, 1.165) is 18.4 Å². The highest BCUT2D eigenvalue weighted by molar-refractivity contribution is 6.00. The fourth-order valence-electron chi connectivity index (χ4n) is 2.61. The van der Waals surface area contributed by atoms with E-state index >= 15 is 0 Å². The molecular formula is C15H20O. The predicted molar refractivity (Wildman–Crippen MR) is 66.8 cm³/mol. The van der Waals surface area contributed by atoms with E-state index in [1.54, 1.807) is 0 Å². The van der Waals surface area contributed by atoms with Crippen LogP contribution in [0.5, 0.6) is 0 Å².